The smallest absolute Gasteiger partial charge is 0.256 e. The fraction of sp³-hybridized carbons (Fsp3) is 0.333. The molecular formula is C18H23N3O2. The molecule has 0 fully saturated rings. The molecule has 1 N–H and O–H groups in total. The Morgan fingerprint density at radius 1 is 1.22 bits per heavy atom. The van der Waals surface area contributed by atoms with Crippen molar-refractivity contribution >= 4 is 5.91 Å². The standard InChI is InChI=1S/C18H23N3O2/c1-4-23-18-15(11-8-12-19-18)17(22)20-13-16(21(2)3)14-9-6-5-7-10-14/h5-12,16H,4,13H2,1-3H3,(H,20,22)/t16-/m1/s1. The van der Waals surface area contributed by atoms with Crippen LogP contribution >= 0.6 is 0 Å². The van der Waals surface area contributed by atoms with Crippen molar-refractivity contribution in [3.63, 3.8) is 0 Å². The third-order valence-electron chi connectivity index (χ3n) is 3.56. The molecule has 0 spiro atoms. The molecule has 1 aromatic carbocycles. The zero-order valence-corrected chi connectivity index (χ0v) is 13.8. The van der Waals surface area contributed by atoms with Gasteiger partial charge < -0.3 is 15.0 Å². The Labute approximate surface area is 137 Å². The van der Waals surface area contributed by atoms with Crippen LogP contribution in [0.1, 0.15) is 28.9 Å². The van der Waals surface area contributed by atoms with E-state index in [1.54, 1.807) is 18.3 Å². The quantitative estimate of drug-likeness (QED) is 0.853. The van der Waals surface area contributed by atoms with Gasteiger partial charge >= 0.3 is 0 Å². The number of likely N-dealkylation sites (N-methyl/N-ethyl adjacent to an activating group) is 1. The summed E-state index contributed by atoms with van der Waals surface area (Å²) in [6, 6.07) is 13.7. The third kappa shape index (κ3) is 4.53. The Morgan fingerprint density at radius 3 is 2.61 bits per heavy atom. The van der Waals surface area contributed by atoms with Crippen molar-refractivity contribution in [1.82, 2.24) is 15.2 Å². The lowest BCUT2D eigenvalue weighted by molar-refractivity contribution is 0.0937. The van der Waals surface area contributed by atoms with Gasteiger partial charge in [-0.05, 0) is 38.7 Å². The molecule has 0 bridgehead atoms. The minimum absolute atomic E-state index is 0.104. The Balaban J connectivity index is 2.08. The number of carbonyl (C=O) groups excluding carboxylic acids is 1. The van der Waals surface area contributed by atoms with E-state index in [2.05, 4.69) is 27.3 Å². The molecular weight excluding hydrogens is 290 g/mol. The number of aromatic nitrogens is 1. The van der Waals surface area contributed by atoms with Crippen molar-refractivity contribution in [2.45, 2.75) is 13.0 Å². The second-order valence-electron chi connectivity index (χ2n) is 5.39. The van der Waals surface area contributed by atoms with Crippen molar-refractivity contribution in [2.24, 2.45) is 0 Å². The summed E-state index contributed by atoms with van der Waals surface area (Å²) in [6.07, 6.45) is 1.62. The van der Waals surface area contributed by atoms with Crippen LogP contribution in [0, 0.1) is 0 Å². The second-order valence-corrected chi connectivity index (χ2v) is 5.39. The largest absolute Gasteiger partial charge is 0.477 e. The van der Waals surface area contributed by atoms with E-state index in [1.807, 2.05) is 39.2 Å². The van der Waals surface area contributed by atoms with E-state index in [1.165, 1.54) is 0 Å². The minimum Gasteiger partial charge on any atom is -0.477 e. The van der Waals surface area contributed by atoms with Crippen LogP contribution < -0.4 is 10.1 Å². The van der Waals surface area contributed by atoms with E-state index >= 15 is 0 Å². The monoisotopic (exact) mass is 313 g/mol. The Hall–Kier alpha value is -2.40. The molecule has 1 aromatic heterocycles. The first-order valence-corrected chi connectivity index (χ1v) is 7.70. The van der Waals surface area contributed by atoms with Gasteiger partial charge in [-0.15, -0.1) is 0 Å². The third-order valence-corrected chi connectivity index (χ3v) is 3.56. The van der Waals surface area contributed by atoms with Crippen LogP contribution in [0.3, 0.4) is 0 Å². The summed E-state index contributed by atoms with van der Waals surface area (Å²) in [5.41, 5.74) is 1.62. The highest BCUT2D eigenvalue weighted by molar-refractivity contribution is 5.96. The van der Waals surface area contributed by atoms with E-state index in [4.69, 9.17) is 4.74 Å². The molecule has 0 aliphatic rings. The van der Waals surface area contributed by atoms with Crippen LogP contribution in [0.5, 0.6) is 5.88 Å². The maximum Gasteiger partial charge on any atom is 0.256 e. The van der Waals surface area contributed by atoms with E-state index in [-0.39, 0.29) is 11.9 Å². The number of pyridine rings is 1. The van der Waals surface area contributed by atoms with Gasteiger partial charge in [0.25, 0.3) is 5.91 Å². The summed E-state index contributed by atoms with van der Waals surface area (Å²) in [4.78, 5) is 18.7. The molecule has 122 valence electrons. The maximum absolute atomic E-state index is 12.4. The second kappa shape index (κ2) is 8.29. The average Bonchev–Trinajstić information content (AvgIpc) is 2.56. The van der Waals surface area contributed by atoms with Crippen LogP contribution in [-0.2, 0) is 0 Å². The van der Waals surface area contributed by atoms with Crippen LogP contribution in [0.2, 0.25) is 0 Å². The molecule has 23 heavy (non-hydrogen) atoms. The summed E-state index contributed by atoms with van der Waals surface area (Å²) in [5, 5.41) is 2.98. The molecule has 0 aliphatic carbocycles. The molecule has 1 atom stereocenters. The van der Waals surface area contributed by atoms with Crippen molar-refractivity contribution in [3.05, 3.63) is 59.8 Å². The highest BCUT2D eigenvalue weighted by atomic mass is 16.5. The van der Waals surface area contributed by atoms with E-state index in [0.29, 0.717) is 24.6 Å². The molecule has 5 heteroatoms. The van der Waals surface area contributed by atoms with Crippen molar-refractivity contribution in [1.29, 1.82) is 0 Å². The van der Waals surface area contributed by atoms with Crippen molar-refractivity contribution < 1.29 is 9.53 Å². The number of carbonyl (C=O) groups is 1. The first-order valence-electron chi connectivity index (χ1n) is 7.70. The highest BCUT2D eigenvalue weighted by Crippen LogP contribution is 2.18. The van der Waals surface area contributed by atoms with Gasteiger partial charge in [0.1, 0.15) is 5.56 Å². The summed E-state index contributed by atoms with van der Waals surface area (Å²) < 4.78 is 5.41. The molecule has 2 aromatic rings. The van der Waals surface area contributed by atoms with E-state index in [9.17, 15) is 4.79 Å². The van der Waals surface area contributed by atoms with Crippen LogP contribution in [0.15, 0.2) is 48.7 Å². The predicted molar refractivity (Wildman–Crippen MR) is 90.6 cm³/mol. The summed E-state index contributed by atoms with van der Waals surface area (Å²) >= 11 is 0. The number of amides is 1. The number of benzene rings is 1. The van der Waals surface area contributed by atoms with Gasteiger partial charge in [-0.3, -0.25) is 4.79 Å². The first-order chi connectivity index (χ1) is 11.1. The van der Waals surface area contributed by atoms with Crippen molar-refractivity contribution in [3.8, 4) is 5.88 Å². The molecule has 2 rings (SSSR count). The lowest BCUT2D eigenvalue weighted by atomic mass is 10.1. The normalized spacial score (nSPS) is 12.0. The minimum atomic E-state index is -0.177. The molecule has 0 radical (unpaired) electrons. The zero-order chi connectivity index (χ0) is 16.7. The lowest BCUT2D eigenvalue weighted by Crippen LogP contribution is -2.34. The van der Waals surface area contributed by atoms with Crippen molar-refractivity contribution in [2.75, 3.05) is 27.2 Å². The van der Waals surface area contributed by atoms with Gasteiger partial charge in [-0.25, -0.2) is 4.98 Å². The van der Waals surface area contributed by atoms with Gasteiger partial charge in [0.15, 0.2) is 0 Å². The van der Waals surface area contributed by atoms with Gasteiger partial charge in [0, 0.05) is 12.7 Å². The zero-order valence-electron chi connectivity index (χ0n) is 13.8. The summed E-state index contributed by atoms with van der Waals surface area (Å²) in [5.74, 6) is 0.193. The van der Waals surface area contributed by atoms with Crippen LogP contribution in [0.4, 0.5) is 0 Å². The number of hydrogen-bond donors (Lipinski definition) is 1. The number of nitrogens with zero attached hydrogens (tertiary/aromatic N) is 2. The Bertz CT molecular complexity index is 629. The molecule has 5 nitrogen and oxygen atoms in total. The van der Waals surface area contributed by atoms with Gasteiger partial charge in [-0.2, -0.15) is 0 Å². The van der Waals surface area contributed by atoms with Gasteiger partial charge in [0.05, 0.1) is 12.6 Å². The highest BCUT2D eigenvalue weighted by Gasteiger charge is 2.18. The van der Waals surface area contributed by atoms with Crippen LogP contribution in [-0.4, -0.2) is 43.0 Å². The molecule has 1 amide bonds. The molecule has 0 saturated carbocycles. The topological polar surface area (TPSA) is 54.5 Å². The number of rotatable bonds is 7. The number of hydrogen-bond acceptors (Lipinski definition) is 4. The SMILES string of the molecule is CCOc1ncccc1C(=O)NC[C@H](c1ccccc1)N(C)C. The number of nitrogens with one attached hydrogen (secondary N) is 1. The predicted octanol–water partition coefficient (Wildman–Crippen LogP) is 2.51. The maximum atomic E-state index is 12.4. The van der Waals surface area contributed by atoms with E-state index in [0.717, 1.165) is 5.56 Å². The summed E-state index contributed by atoms with van der Waals surface area (Å²) in [7, 11) is 4.00. The van der Waals surface area contributed by atoms with E-state index < -0.39 is 0 Å². The molecule has 0 unspecified atom stereocenters. The Kier molecular flexibility index (Phi) is 6.11. The summed E-state index contributed by atoms with van der Waals surface area (Å²) in [6.45, 7) is 2.85. The van der Waals surface area contributed by atoms with Gasteiger partial charge in [0.2, 0.25) is 5.88 Å². The fourth-order valence-electron chi connectivity index (χ4n) is 2.37. The molecule has 0 saturated heterocycles. The first kappa shape index (κ1) is 17.0. The number of ether oxygens (including phenoxy) is 1. The molecule has 1 heterocycles. The Morgan fingerprint density at radius 2 is 1.96 bits per heavy atom. The fourth-order valence-corrected chi connectivity index (χ4v) is 2.37. The van der Waals surface area contributed by atoms with Gasteiger partial charge in [-0.1, -0.05) is 30.3 Å². The van der Waals surface area contributed by atoms with Crippen LogP contribution in [0.25, 0.3) is 0 Å². The average molecular weight is 313 g/mol. The lowest BCUT2D eigenvalue weighted by Gasteiger charge is -2.25. The molecule has 0 aliphatic heterocycles.